The highest BCUT2D eigenvalue weighted by molar-refractivity contribution is 5.99. The maximum absolute atomic E-state index is 11.3. The standard InChI is InChI=1S/C13H11N3O/c14-12-6-9(3-4-15-12)8-1-2-10-7-13(17)16-11(10)5-8/h1-6H,7H2,(H2,14,15)(H,16,17). The van der Waals surface area contributed by atoms with E-state index in [0.29, 0.717) is 12.2 Å². The Hall–Kier alpha value is -2.36. The van der Waals surface area contributed by atoms with Crippen LogP contribution in [-0.4, -0.2) is 10.9 Å². The Balaban J connectivity index is 2.06. The minimum Gasteiger partial charge on any atom is -0.384 e. The molecule has 4 heteroatoms. The fourth-order valence-electron chi connectivity index (χ4n) is 2.02. The Morgan fingerprint density at radius 2 is 2.00 bits per heavy atom. The number of nitrogens with zero attached hydrogens (tertiary/aromatic N) is 1. The average molecular weight is 225 g/mol. The number of nitrogens with one attached hydrogen (secondary N) is 1. The third-order valence-corrected chi connectivity index (χ3v) is 2.85. The molecule has 17 heavy (non-hydrogen) atoms. The van der Waals surface area contributed by atoms with E-state index >= 15 is 0 Å². The summed E-state index contributed by atoms with van der Waals surface area (Å²) in [4.78, 5) is 15.2. The summed E-state index contributed by atoms with van der Waals surface area (Å²) in [7, 11) is 0. The zero-order valence-corrected chi connectivity index (χ0v) is 9.10. The fraction of sp³-hybridized carbons (Fsp3) is 0.0769. The zero-order chi connectivity index (χ0) is 11.8. The lowest BCUT2D eigenvalue weighted by atomic mass is 10.0. The normalized spacial score (nSPS) is 13.3. The summed E-state index contributed by atoms with van der Waals surface area (Å²) < 4.78 is 0. The summed E-state index contributed by atoms with van der Waals surface area (Å²) in [5, 5.41) is 2.84. The first kappa shape index (κ1) is 9.84. The Kier molecular flexibility index (Phi) is 2.08. The number of rotatable bonds is 1. The Bertz CT molecular complexity index is 607. The van der Waals surface area contributed by atoms with Gasteiger partial charge >= 0.3 is 0 Å². The predicted molar refractivity (Wildman–Crippen MR) is 66.4 cm³/mol. The van der Waals surface area contributed by atoms with Crippen LogP contribution in [0.1, 0.15) is 5.56 Å². The molecule has 0 fully saturated rings. The quantitative estimate of drug-likeness (QED) is 0.777. The second-order valence-corrected chi connectivity index (χ2v) is 4.07. The van der Waals surface area contributed by atoms with Crippen LogP contribution in [0, 0.1) is 0 Å². The molecular formula is C13H11N3O. The highest BCUT2D eigenvalue weighted by Gasteiger charge is 2.17. The lowest BCUT2D eigenvalue weighted by Gasteiger charge is -2.05. The number of hydrogen-bond donors (Lipinski definition) is 2. The van der Waals surface area contributed by atoms with Crippen molar-refractivity contribution in [2.24, 2.45) is 0 Å². The largest absolute Gasteiger partial charge is 0.384 e. The molecule has 2 heterocycles. The lowest BCUT2D eigenvalue weighted by molar-refractivity contribution is -0.115. The molecular weight excluding hydrogens is 214 g/mol. The van der Waals surface area contributed by atoms with Gasteiger partial charge in [0.15, 0.2) is 0 Å². The third-order valence-electron chi connectivity index (χ3n) is 2.85. The van der Waals surface area contributed by atoms with Crippen molar-refractivity contribution in [2.45, 2.75) is 6.42 Å². The predicted octanol–water partition coefficient (Wildman–Crippen LogP) is 1.83. The number of anilines is 2. The van der Waals surface area contributed by atoms with Crippen molar-refractivity contribution in [3.8, 4) is 11.1 Å². The van der Waals surface area contributed by atoms with E-state index in [2.05, 4.69) is 10.3 Å². The summed E-state index contributed by atoms with van der Waals surface area (Å²) >= 11 is 0. The minimum absolute atomic E-state index is 0.0476. The SMILES string of the molecule is Nc1cc(-c2ccc3c(c2)NC(=O)C3)ccn1. The highest BCUT2D eigenvalue weighted by Crippen LogP contribution is 2.29. The van der Waals surface area contributed by atoms with Gasteiger partial charge in [-0.2, -0.15) is 0 Å². The van der Waals surface area contributed by atoms with Crippen LogP contribution in [0.3, 0.4) is 0 Å². The fourth-order valence-corrected chi connectivity index (χ4v) is 2.02. The molecule has 84 valence electrons. The average Bonchev–Trinajstić information content (AvgIpc) is 2.68. The molecule has 0 spiro atoms. The van der Waals surface area contributed by atoms with Crippen LogP contribution < -0.4 is 11.1 Å². The lowest BCUT2D eigenvalue weighted by Crippen LogP contribution is -2.03. The van der Waals surface area contributed by atoms with Crippen LogP contribution in [0.15, 0.2) is 36.5 Å². The number of amides is 1. The van der Waals surface area contributed by atoms with Crippen molar-refractivity contribution in [1.29, 1.82) is 0 Å². The molecule has 1 aromatic heterocycles. The van der Waals surface area contributed by atoms with Gasteiger partial charge in [0.05, 0.1) is 6.42 Å². The molecule has 0 saturated carbocycles. The molecule has 1 aromatic carbocycles. The van der Waals surface area contributed by atoms with Crippen molar-refractivity contribution in [1.82, 2.24) is 4.98 Å². The molecule has 0 atom stereocenters. The molecule has 1 amide bonds. The first-order valence-corrected chi connectivity index (χ1v) is 5.37. The first-order valence-electron chi connectivity index (χ1n) is 5.37. The number of nitrogens with two attached hydrogens (primary N) is 1. The van der Waals surface area contributed by atoms with Crippen LogP contribution in [-0.2, 0) is 11.2 Å². The minimum atomic E-state index is 0.0476. The van der Waals surface area contributed by atoms with E-state index in [4.69, 9.17) is 5.73 Å². The van der Waals surface area contributed by atoms with E-state index < -0.39 is 0 Å². The van der Waals surface area contributed by atoms with Crippen LogP contribution in [0.5, 0.6) is 0 Å². The van der Waals surface area contributed by atoms with Crippen molar-refractivity contribution in [2.75, 3.05) is 11.1 Å². The molecule has 0 radical (unpaired) electrons. The summed E-state index contributed by atoms with van der Waals surface area (Å²) in [6, 6.07) is 9.65. The summed E-state index contributed by atoms with van der Waals surface area (Å²) in [6.07, 6.45) is 2.14. The number of benzene rings is 1. The molecule has 3 rings (SSSR count). The number of fused-ring (bicyclic) bond motifs is 1. The van der Waals surface area contributed by atoms with Gasteiger partial charge in [-0.1, -0.05) is 12.1 Å². The second-order valence-electron chi connectivity index (χ2n) is 4.07. The molecule has 0 bridgehead atoms. The smallest absolute Gasteiger partial charge is 0.228 e. The van der Waals surface area contributed by atoms with E-state index in [1.807, 2.05) is 30.3 Å². The maximum Gasteiger partial charge on any atom is 0.228 e. The number of nitrogen functional groups attached to an aromatic ring is 1. The molecule has 3 N–H and O–H groups in total. The van der Waals surface area contributed by atoms with Crippen LogP contribution in [0.4, 0.5) is 11.5 Å². The van der Waals surface area contributed by atoms with Gasteiger partial charge < -0.3 is 11.1 Å². The zero-order valence-electron chi connectivity index (χ0n) is 9.10. The highest BCUT2D eigenvalue weighted by atomic mass is 16.1. The van der Waals surface area contributed by atoms with Gasteiger partial charge in [0, 0.05) is 11.9 Å². The molecule has 0 aliphatic carbocycles. The van der Waals surface area contributed by atoms with E-state index in [-0.39, 0.29) is 5.91 Å². The molecule has 4 nitrogen and oxygen atoms in total. The monoisotopic (exact) mass is 225 g/mol. The van der Waals surface area contributed by atoms with Gasteiger partial charge in [-0.3, -0.25) is 4.79 Å². The maximum atomic E-state index is 11.3. The molecule has 0 unspecified atom stereocenters. The van der Waals surface area contributed by atoms with Crippen LogP contribution in [0.25, 0.3) is 11.1 Å². The molecule has 0 saturated heterocycles. The Labute approximate surface area is 98.5 Å². The van der Waals surface area contributed by atoms with Crippen LogP contribution >= 0.6 is 0 Å². The van der Waals surface area contributed by atoms with E-state index in [1.54, 1.807) is 6.20 Å². The third kappa shape index (κ3) is 1.73. The van der Waals surface area contributed by atoms with Gasteiger partial charge in [0.2, 0.25) is 5.91 Å². The molecule has 1 aliphatic rings. The van der Waals surface area contributed by atoms with E-state index in [1.165, 1.54) is 0 Å². The Morgan fingerprint density at radius 1 is 1.18 bits per heavy atom. The van der Waals surface area contributed by atoms with Crippen LogP contribution in [0.2, 0.25) is 0 Å². The first-order chi connectivity index (χ1) is 8.22. The number of aromatic nitrogens is 1. The second kappa shape index (κ2) is 3.59. The van der Waals surface area contributed by atoms with Crippen molar-refractivity contribution >= 4 is 17.4 Å². The number of hydrogen-bond acceptors (Lipinski definition) is 3. The van der Waals surface area contributed by atoms with E-state index in [0.717, 1.165) is 22.4 Å². The van der Waals surface area contributed by atoms with Gasteiger partial charge in [0.1, 0.15) is 5.82 Å². The van der Waals surface area contributed by atoms with Crippen molar-refractivity contribution in [3.63, 3.8) is 0 Å². The van der Waals surface area contributed by atoms with Gasteiger partial charge in [-0.15, -0.1) is 0 Å². The summed E-state index contributed by atoms with van der Waals surface area (Å²) in [5.74, 6) is 0.540. The van der Waals surface area contributed by atoms with Crippen molar-refractivity contribution < 1.29 is 4.79 Å². The summed E-state index contributed by atoms with van der Waals surface area (Å²) in [5.41, 5.74) is 9.61. The summed E-state index contributed by atoms with van der Waals surface area (Å²) in [6.45, 7) is 0. The van der Waals surface area contributed by atoms with Gasteiger partial charge in [0.25, 0.3) is 0 Å². The topological polar surface area (TPSA) is 68.0 Å². The molecule has 1 aliphatic heterocycles. The van der Waals surface area contributed by atoms with Crippen molar-refractivity contribution in [3.05, 3.63) is 42.1 Å². The Morgan fingerprint density at radius 3 is 2.82 bits per heavy atom. The van der Waals surface area contributed by atoms with Gasteiger partial charge in [-0.25, -0.2) is 4.98 Å². The number of carbonyl (C=O) groups excluding carboxylic acids is 1. The number of carbonyl (C=O) groups is 1. The number of pyridine rings is 1. The van der Waals surface area contributed by atoms with Gasteiger partial charge in [-0.05, 0) is 34.9 Å². The molecule has 2 aromatic rings. The van der Waals surface area contributed by atoms with E-state index in [9.17, 15) is 4.79 Å².